The summed E-state index contributed by atoms with van der Waals surface area (Å²) >= 11 is 0. The first kappa shape index (κ1) is 10.1. The van der Waals surface area contributed by atoms with E-state index in [4.69, 9.17) is 5.26 Å². The maximum atomic E-state index is 12.3. The van der Waals surface area contributed by atoms with E-state index >= 15 is 0 Å². The minimum atomic E-state index is -4.49. The van der Waals surface area contributed by atoms with E-state index in [1.54, 1.807) is 0 Å². The van der Waals surface area contributed by atoms with Gasteiger partial charge in [0.2, 0.25) is 0 Å². The van der Waals surface area contributed by atoms with Gasteiger partial charge in [0.15, 0.2) is 6.07 Å². The third kappa shape index (κ3) is 2.24. The molecule has 0 radical (unpaired) electrons. The third-order valence-electron chi connectivity index (χ3n) is 1.35. The first-order chi connectivity index (χ1) is 6.55. The molecular formula is C9H3F3N2. The summed E-state index contributed by atoms with van der Waals surface area (Å²) < 4.78 is 36.9. The fraction of sp³-hybridized carbons (Fsp3) is 0.111. The molecule has 14 heavy (non-hydrogen) atoms. The predicted molar refractivity (Wildman–Crippen MR) is 41.7 cm³/mol. The largest absolute Gasteiger partial charge is 0.419 e. The van der Waals surface area contributed by atoms with Gasteiger partial charge >= 0.3 is 6.18 Å². The van der Waals surface area contributed by atoms with Gasteiger partial charge < -0.3 is 0 Å². The molecule has 2 nitrogen and oxygen atoms in total. The van der Waals surface area contributed by atoms with Crippen LogP contribution in [0, 0.1) is 23.2 Å². The highest BCUT2D eigenvalue weighted by Gasteiger charge is 2.33. The second-order valence-corrected chi connectivity index (χ2v) is 2.26. The van der Waals surface area contributed by atoms with Crippen molar-refractivity contribution in [2.24, 2.45) is 0 Å². The molecule has 0 spiro atoms. The minimum Gasteiger partial charge on any atom is -0.247 e. The Hall–Kier alpha value is -2.01. The lowest BCUT2D eigenvalue weighted by Crippen LogP contribution is -2.08. The van der Waals surface area contributed by atoms with Crippen molar-refractivity contribution < 1.29 is 13.2 Å². The van der Waals surface area contributed by atoms with E-state index in [-0.39, 0.29) is 0 Å². The van der Waals surface area contributed by atoms with Crippen molar-refractivity contribution in [3.05, 3.63) is 29.6 Å². The molecule has 0 fully saturated rings. The van der Waals surface area contributed by atoms with Crippen LogP contribution in [0.2, 0.25) is 0 Å². The van der Waals surface area contributed by atoms with Crippen molar-refractivity contribution in [2.75, 3.05) is 0 Å². The van der Waals surface area contributed by atoms with E-state index in [0.29, 0.717) is 0 Å². The Labute approximate surface area is 78.0 Å². The molecule has 0 aliphatic carbocycles. The molecule has 0 amide bonds. The lowest BCUT2D eigenvalue weighted by Gasteiger charge is -2.06. The first-order valence-corrected chi connectivity index (χ1v) is 3.48. The molecule has 0 atom stereocenters. The van der Waals surface area contributed by atoms with E-state index < -0.39 is 17.4 Å². The Morgan fingerprint density at radius 3 is 2.64 bits per heavy atom. The van der Waals surface area contributed by atoms with Crippen molar-refractivity contribution in [2.45, 2.75) is 6.18 Å². The maximum Gasteiger partial charge on any atom is 0.419 e. The van der Waals surface area contributed by atoms with Crippen LogP contribution in [0.15, 0.2) is 18.3 Å². The van der Waals surface area contributed by atoms with Gasteiger partial charge in [0.25, 0.3) is 0 Å². The molecule has 1 heterocycles. The summed E-state index contributed by atoms with van der Waals surface area (Å²) in [4.78, 5) is 3.44. The summed E-state index contributed by atoms with van der Waals surface area (Å²) in [7, 11) is 0. The number of hydrogen-bond donors (Lipinski definition) is 0. The van der Waals surface area contributed by atoms with Gasteiger partial charge in [0.05, 0.1) is 5.56 Å². The number of rotatable bonds is 0. The van der Waals surface area contributed by atoms with E-state index in [0.717, 1.165) is 6.07 Å². The zero-order valence-electron chi connectivity index (χ0n) is 6.76. The molecule has 1 aromatic rings. The molecule has 70 valence electrons. The molecular weight excluding hydrogens is 193 g/mol. The average Bonchev–Trinajstić information content (AvgIpc) is 2.14. The highest BCUT2D eigenvalue weighted by atomic mass is 19.4. The van der Waals surface area contributed by atoms with Crippen LogP contribution in [-0.4, -0.2) is 4.98 Å². The second kappa shape index (κ2) is 3.80. The van der Waals surface area contributed by atoms with Gasteiger partial charge in [-0.3, -0.25) is 0 Å². The number of aromatic nitrogens is 1. The van der Waals surface area contributed by atoms with Crippen LogP contribution in [0.1, 0.15) is 11.3 Å². The highest BCUT2D eigenvalue weighted by molar-refractivity contribution is 5.39. The Kier molecular flexibility index (Phi) is 2.73. The van der Waals surface area contributed by atoms with E-state index in [1.807, 2.05) is 11.8 Å². The highest BCUT2D eigenvalue weighted by Crippen LogP contribution is 2.30. The van der Waals surface area contributed by atoms with Crippen LogP contribution in [0.25, 0.3) is 0 Å². The van der Waals surface area contributed by atoms with Gasteiger partial charge in [-0.05, 0) is 18.1 Å². The zero-order valence-corrected chi connectivity index (χ0v) is 6.76. The maximum absolute atomic E-state index is 12.3. The van der Waals surface area contributed by atoms with Crippen LogP contribution in [-0.2, 0) is 6.18 Å². The SMILES string of the molecule is N#CC#Cc1ncccc1C(F)(F)F. The van der Waals surface area contributed by atoms with Crippen LogP contribution < -0.4 is 0 Å². The molecule has 0 saturated heterocycles. The predicted octanol–water partition coefficient (Wildman–Crippen LogP) is 1.98. The van der Waals surface area contributed by atoms with Crippen LogP contribution in [0.3, 0.4) is 0 Å². The Balaban J connectivity index is 3.25. The van der Waals surface area contributed by atoms with E-state index in [9.17, 15) is 13.2 Å². The molecule has 0 aromatic carbocycles. The van der Waals surface area contributed by atoms with Crippen molar-refractivity contribution in [1.29, 1.82) is 5.26 Å². The molecule has 0 aliphatic heterocycles. The number of halogens is 3. The molecule has 1 rings (SSSR count). The van der Waals surface area contributed by atoms with Crippen molar-refractivity contribution >= 4 is 0 Å². The number of hydrogen-bond acceptors (Lipinski definition) is 2. The molecule has 1 aromatic heterocycles. The van der Waals surface area contributed by atoms with Gasteiger partial charge in [-0.15, -0.1) is 0 Å². The van der Waals surface area contributed by atoms with Gasteiger partial charge in [-0.1, -0.05) is 0 Å². The van der Waals surface area contributed by atoms with Crippen LogP contribution in [0.4, 0.5) is 13.2 Å². The van der Waals surface area contributed by atoms with Crippen molar-refractivity contribution in [1.82, 2.24) is 4.98 Å². The minimum absolute atomic E-state index is 0.429. The summed E-state index contributed by atoms with van der Waals surface area (Å²) in [5, 5.41) is 8.09. The molecule has 0 unspecified atom stereocenters. The number of nitriles is 1. The zero-order chi connectivity index (χ0) is 10.6. The number of pyridine rings is 1. The standard InChI is InChI=1S/C9H3F3N2/c10-9(11,12)7-3-2-6-14-8(7)4-1-5-13/h2-3,6H. The summed E-state index contributed by atoms with van der Waals surface area (Å²) in [6.45, 7) is 0. The lowest BCUT2D eigenvalue weighted by molar-refractivity contribution is -0.138. The van der Waals surface area contributed by atoms with E-state index in [1.165, 1.54) is 18.3 Å². The lowest BCUT2D eigenvalue weighted by atomic mass is 10.2. The average molecular weight is 196 g/mol. The summed E-state index contributed by atoms with van der Waals surface area (Å²) in [6, 6.07) is 3.46. The second-order valence-electron chi connectivity index (χ2n) is 2.26. The third-order valence-corrected chi connectivity index (χ3v) is 1.35. The van der Waals surface area contributed by atoms with Gasteiger partial charge in [0, 0.05) is 12.1 Å². The summed E-state index contributed by atoms with van der Waals surface area (Å²) in [6.07, 6.45) is -3.30. The molecule has 0 aliphatic rings. The monoisotopic (exact) mass is 196 g/mol. The number of alkyl halides is 3. The van der Waals surface area contributed by atoms with Gasteiger partial charge in [0.1, 0.15) is 5.69 Å². The first-order valence-electron chi connectivity index (χ1n) is 3.48. The molecule has 5 heteroatoms. The Morgan fingerprint density at radius 2 is 2.07 bits per heavy atom. The topological polar surface area (TPSA) is 36.7 Å². The van der Waals surface area contributed by atoms with E-state index in [2.05, 4.69) is 4.98 Å². The van der Waals surface area contributed by atoms with Crippen LogP contribution >= 0.6 is 0 Å². The Bertz CT molecular complexity index is 432. The van der Waals surface area contributed by atoms with Gasteiger partial charge in [-0.25, -0.2) is 4.98 Å². The normalized spacial score (nSPS) is 9.86. The molecule has 0 N–H and O–H groups in total. The number of nitrogens with zero attached hydrogens (tertiary/aromatic N) is 2. The molecule has 0 bridgehead atoms. The van der Waals surface area contributed by atoms with Crippen LogP contribution in [0.5, 0.6) is 0 Å². The van der Waals surface area contributed by atoms with Crippen molar-refractivity contribution in [3.8, 4) is 17.9 Å². The fourth-order valence-corrected chi connectivity index (χ4v) is 0.821. The quantitative estimate of drug-likeness (QED) is 0.595. The molecule has 0 saturated carbocycles. The summed E-state index contributed by atoms with van der Waals surface area (Å²) in [5.41, 5.74) is -1.36. The van der Waals surface area contributed by atoms with Gasteiger partial charge in [-0.2, -0.15) is 18.4 Å². The summed E-state index contributed by atoms with van der Waals surface area (Å²) in [5.74, 6) is 3.90. The smallest absolute Gasteiger partial charge is 0.247 e. The fourth-order valence-electron chi connectivity index (χ4n) is 0.821. The van der Waals surface area contributed by atoms with Crippen molar-refractivity contribution in [3.63, 3.8) is 0 Å². The Morgan fingerprint density at radius 1 is 1.36 bits per heavy atom.